The minimum Gasteiger partial charge on any atom is -0.486 e. The van der Waals surface area contributed by atoms with E-state index in [-0.39, 0.29) is 0 Å². The number of ether oxygens (including phenoxy) is 1. The first kappa shape index (κ1) is 12.1. The van der Waals surface area contributed by atoms with Crippen molar-refractivity contribution >= 4 is 11.3 Å². The molecule has 0 aliphatic carbocycles. The van der Waals surface area contributed by atoms with Crippen molar-refractivity contribution in [2.24, 2.45) is 5.73 Å². The van der Waals surface area contributed by atoms with Gasteiger partial charge in [0.15, 0.2) is 0 Å². The first-order chi connectivity index (χ1) is 8.17. The Bertz CT molecular complexity index is 488. The molecule has 3 nitrogen and oxygen atoms in total. The molecule has 0 aliphatic rings. The fourth-order valence-electron chi connectivity index (χ4n) is 1.67. The molecule has 1 aromatic carbocycles. The summed E-state index contributed by atoms with van der Waals surface area (Å²) in [5.41, 5.74) is 8.86. The molecule has 2 aromatic rings. The van der Waals surface area contributed by atoms with Crippen LogP contribution in [0.25, 0.3) is 0 Å². The molecule has 0 radical (unpaired) electrons. The van der Waals surface area contributed by atoms with Crippen LogP contribution in [0.3, 0.4) is 0 Å². The second kappa shape index (κ2) is 5.29. The summed E-state index contributed by atoms with van der Waals surface area (Å²) in [6, 6.07) is 6.19. The zero-order valence-electron chi connectivity index (χ0n) is 10.1. The van der Waals surface area contributed by atoms with E-state index in [0.29, 0.717) is 13.2 Å². The molecule has 2 N–H and O–H groups in total. The summed E-state index contributed by atoms with van der Waals surface area (Å²) in [6.07, 6.45) is 0. The molecule has 2 rings (SSSR count). The Hall–Kier alpha value is -1.39. The van der Waals surface area contributed by atoms with Gasteiger partial charge in [-0.05, 0) is 37.1 Å². The highest BCUT2D eigenvalue weighted by atomic mass is 32.1. The van der Waals surface area contributed by atoms with Gasteiger partial charge in [0.1, 0.15) is 17.4 Å². The van der Waals surface area contributed by atoms with Crippen molar-refractivity contribution in [1.82, 2.24) is 4.98 Å². The highest BCUT2D eigenvalue weighted by molar-refractivity contribution is 7.09. The lowest BCUT2D eigenvalue weighted by molar-refractivity contribution is 0.305. The van der Waals surface area contributed by atoms with Gasteiger partial charge in [-0.2, -0.15) is 0 Å². The van der Waals surface area contributed by atoms with Gasteiger partial charge in [-0.15, -0.1) is 11.3 Å². The Morgan fingerprint density at radius 2 is 1.94 bits per heavy atom. The van der Waals surface area contributed by atoms with Crippen LogP contribution in [0.2, 0.25) is 0 Å². The molecule has 1 heterocycles. The van der Waals surface area contributed by atoms with Gasteiger partial charge < -0.3 is 10.5 Å². The molecule has 0 bridgehead atoms. The number of nitrogens with two attached hydrogens (primary N) is 1. The van der Waals surface area contributed by atoms with E-state index in [2.05, 4.69) is 24.9 Å². The smallest absolute Gasteiger partial charge is 0.140 e. The Labute approximate surface area is 105 Å². The van der Waals surface area contributed by atoms with Crippen molar-refractivity contribution in [3.63, 3.8) is 0 Å². The van der Waals surface area contributed by atoms with Crippen molar-refractivity contribution in [3.8, 4) is 5.75 Å². The maximum absolute atomic E-state index is 5.72. The standard InChI is InChI=1S/C13H16N2OS/c1-9-3-10(2)5-12(4-9)16-7-13-15-11(6-14)8-17-13/h3-5,8H,6-7,14H2,1-2H3. The van der Waals surface area contributed by atoms with Gasteiger partial charge in [-0.3, -0.25) is 0 Å². The fourth-order valence-corrected chi connectivity index (χ4v) is 2.39. The summed E-state index contributed by atoms with van der Waals surface area (Å²) in [5, 5.41) is 2.94. The van der Waals surface area contributed by atoms with Crippen molar-refractivity contribution in [1.29, 1.82) is 0 Å². The van der Waals surface area contributed by atoms with E-state index < -0.39 is 0 Å². The molecule has 0 saturated carbocycles. The summed E-state index contributed by atoms with van der Waals surface area (Å²) >= 11 is 1.59. The van der Waals surface area contributed by atoms with Crippen LogP contribution >= 0.6 is 11.3 Å². The molecular formula is C13H16N2OS. The van der Waals surface area contributed by atoms with Crippen molar-refractivity contribution in [2.45, 2.75) is 27.0 Å². The predicted octanol–water partition coefficient (Wildman–Crippen LogP) is 2.80. The minimum absolute atomic E-state index is 0.486. The first-order valence-electron chi connectivity index (χ1n) is 5.52. The molecule has 0 amide bonds. The van der Waals surface area contributed by atoms with Crippen molar-refractivity contribution in [2.75, 3.05) is 0 Å². The average molecular weight is 248 g/mol. The Morgan fingerprint density at radius 3 is 2.53 bits per heavy atom. The summed E-state index contributed by atoms with van der Waals surface area (Å²) < 4.78 is 5.72. The minimum atomic E-state index is 0.486. The van der Waals surface area contributed by atoms with Crippen LogP contribution in [0, 0.1) is 13.8 Å². The second-order valence-corrected chi connectivity index (χ2v) is 4.99. The number of aryl methyl sites for hydroxylation is 2. The lowest BCUT2D eigenvalue weighted by Gasteiger charge is -2.06. The third-order valence-electron chi connectivity index (χ3n) is 2.37. The number of thiazole rings is 1. The van der Waals surface area contributed by atoms with Crippen LogP contribution in [0.4, 0.5) is 0 Å². The number of hydrogen-bond acceptors (Lipinski definition) is 4. The third kappa shape index (κ3) is 3.28. The van der Waals surface area contributed by atoms with Crippen LogP contribution < -0.4 is 10.5 Å². The van der Waals surface area contributed by atoms with E-state index in [9.17, 15) is 0 Å². The molecule has 0 unspecified atom stereocenters. The van der Waals surface area contributed by atoms with Crippen molar-refractivity contribution in [3.05, 3.63) is 45.4 Å². The zero-order chi connectivity index (χ0) is 12.3. The Kier molecular flexibility index (Phi) is 3.76. The van der Waals surface area contributed by atoms with E-state index in [4.69, 9.17) is 10.5 Å². The monoisotopic (exact) mass is 248 g/mol. The summed E-state index contributed by atoms with van der Waals surface area (Å²) in [5.74, 6) is 0.895. The van der Waals surface area contributed by atoms with E-state index in [1.165, 1.54) is 11.1 Å². The molecule has 0 atom stereocenters. The summed E-state index contributed by atoms with van der Waals surface area (Å²) in [4.78, 5) is 4.36. The molecule has 4 heteroatoms. The van der Waals surface area contributed by atoms with Crippen LogP contribution in [-0.4, -0.2) is 4.98 Å². The normalized spacial score (nSPS) is 10.5. The maximum Gasteiger partial charge on any atom is 0.140 e. The first-order valence-corrected chi connectivity index (χ1v) is 6.40. The molecule has 0 saturated heterocycles. The number of benzene rings is 1. The highest BCUT2D eigenvalue weighted by Gasteiger charge is 2.02. The largest absolute Gasteiger partial charge is 0.486 e. The van der Waals surface area contributed by atoms with E-state index in [1.807, 2.05) is 17.5 Å². The highest BCUT2D eigenvalue weighted by Crippen LogP contribution is 2.18. The van der Waals surface area contributed by atoms with Gasteiger partial charge in [-0.25, -0.2) is 4.98 Å². The Balaban J connectivity index is 2.01. The number of hydrogen-bond donors (Lipinski definition) is 1. The lowest BCUT2D eigenvalue weighted by atomic mass is 10.1. The molecule has 1 aromatic heterocycles. The molecule has 17 heavy (non-hydrogen) atoms. The predicted molar refractivity (Wildman–Crippen MR) is 70.3 cm³/mol. The Morgan fingerprint density at radius 1 is 1.24 bits per heavy atom. The second-order valence-electron chi connectivity index (χ2n) is 4.05. The topological polar surface area (TPSA) is 48.1 Å². The summed E-state index contributed by atoms with van der Waals surface area (Å²) in [7, 11) is 0. The number of nitrogens with zero attached hydrogens (tertiary/aromatic N) is 1. The summed E-state index contributed by atoms with van der Waals surface area (Å²) in [6.45, 7) is 5.12. The van der Waals surface area contributed by atoms with Gasteiger partial charge in [0.05, 0.1) is 5.69 Å². The molecule has 0 aliphatic heterocycles. The SMILES string of the molecule is Cc1cc(C)cc(OCc2nc(CN)cs2)c1. The van der Waals surface area contributed by atoms with Gasteiger partial charge in [0, 0.05) is 11.9 Å². The zero-order valence-corrected chi connectivity index (χ0v) is 10.9. The van der Waals surface area contributed by atoms with Crippen LogP contribution in [-0.2, 0) is 13.2 Å². The molecular weight excluding hydrogens is 232 g/mol. The van der Waals surface area contributed by atoms with E-state index in [0.717, 1.165) is 16.5 Å². The van der Waals surface area contributed by atoms with Gasteiger partial charge in [-0.1, -0.05) is 6.07 Å². The molecule has 0 spiro atoms. The van der Waals surface area contributed by atoms with Crippen LogP contribution in [0.15, 0.2) is 23.6 Å². The van der Waals surface area contributed by atoms with Crippen LogP contribution in [0.1, 0.15) is 21.8 Å². The van der Waals surface area contributed by atoms with Gasteiger partial charge in [0.2, 0.25) is 0 Å². The van der Waals surface area contributed by atoms with Gasteiger partial charge in [0.25, 0.3) is 0 Å². The molecule has 0 fully saturated rings. The maximum atomic E-state index is 5.72. The van der Waals surface area contributed by atoms with E-state index in [1.54, 1.807) is 11.3 Å². The third-order valence-corrected chi connectivity index (χ3v) is 3.24. The van der Waals surface area contributed by atoms with E-state index >= 15 is 0 Å². The van der Waals surface area contributed by atoms with Crippen LogP contribution in [0.5, 0.6) is 5.75 Å². The lowest BCUT2D eigenvalue weighted by Crippen LogP contribution is -1.99. The van der Waals surface area contributed by atoms with Crippen molar-refractivity contribution < 1.29 is 4.74 Å². The van der Waals surface area contributed by atoms with Gasteiger partial charge >= 0.3 is 0 Å². The fraction of sp³-hybridized carbons (Fsp3) is 0.308. The number of aromatic nitrogens is 1. The average Bonchev–Trinajstić information content (AvgIpc) is 2.73. The number of rotatable bonds is 4. The quantitative estimate of drug-likeness (QED) is 0.905. The molecule has 90 valence electrons.